The van der Waals surface area contributed by atoms with E-state index in [1.165, 1.54) is 33.7 Å². The van der Waals surface area contributed by atoms with Crippen molar-refractivity contribution in [3.8, 4) is 0 Å². The second-order valence-electron chi connectivity index (χ2n) is 3.32. The standard InChI is InChI=1S/C13H12P.ClH.Zn/c1-14(12-8-4-2-5-9-12)13-10-6-3-7-11-13;;/h2-11H,1H2;1H;. The minimum atomic E-state index is -0.0931. The van der Waals surface area contributed by atoms with E-state index >= 15 is 0 Å². The van der Waals surface area contributed by atoms with Crippen LogP contribution in [0.2, 0.25) is 0 Å². The number of benzene rings is 2. The molecule has 3 heteroatoms. The molecule has 0 saturated carbocycles. The predicted octanol–water partition coefficient (Wildman–Crippen LogP) is 3.05. The van der Waals surface area contributed by atoms with Gasteiger partial charge in [0.15, 0.2) is 0 Å². The van der Waals surface area contributed by atoms with E-state index in [1.54, 1.807) is 0 Å². The van der Waals surface area contributed by atoms with Crippen molar-refractivity contribution in [3.05, 3.63) is 60.7 Å². The van der Waals surface area contributed by atoms with Crippen molar-refractivity contribution in [3.63, 3.8) is 0 Å². The van der Waals surface area contributed by atoms with Crippen molar-refractivity contribution in [2.24, 2.45) is 0 Å². The van der Waals surface area contributed by atoms with Crippen LogP contribution in [0.15, 0.2) is 60.7 Å². The SMILES string of the molecule is Cl.[Zn][CH2]P(c1ccccc1)c1ccccc1. The molecule has 0 nitrogen and oxygen atoms in total. The van der Waals surface area contributed by atoms with Crippen molar-refractivity contribution >= 4 is 30.9 Å². The summed E-state index contributed by atoms with van der Waals surface area (Å²) in [5.74, 6) is 0. The zero-order chi connectivity index (χ0) is 10.5. The topological polar surface area (TPSA) is 0 Å². The summed E-state index contributed by atoms with van der Waals surface area (Å²) >= 11 is 1.37. The zero-order valence-electron chi connectivity index (χ0n) is 9.04. The van der Waals surface area contributed by atoms with E-state index in [4.69, 9.17) is 0 Å². The summed E-state index contributed by atoms with van der Waals surface area (Å²) < 4.78 is 1.34. The van der Waals surface area contributed by atoms with Gasteiger partial charge in [-0.05, 0) is 0 Å². The first kappa shape index (κ1) is 13.8. The molecule has 0 heterocycles. The fourth-order valence-corrected chi connectivity index (χ4v) is 6.75. The van der Waals surface area contributed by atoms with E-state index in [0.29, 0.717) is 0 Å². The molecule has 16 heavy (non-hydrogen) atoms. The Balaban J connectivity index is 0.00000128. The Labute approximate surface area is 114 Å². The Morgan fingerprint density at radius 2 is 1.12 bits per heavy atom. The van der Waals surface area contributed by atoms with E-state index in [-0.39, 0.29) is 20.3 Å². The Bertz CT molecular complexity index is 365. The van der Waals surface area contributed by atoms with Gasteiger partial charge in [-0.1, -0.05) is 0 Å². The zero-order valence-corrected chi connectivity index (χ0v) is 13.7. The minimum absolute atomic E-state index is 0. The van der Waals surface area contributed by atoms with E-state index in [0.717, 1.165) is 0 Å². The molecule has 0 spiro atoms. The summed E-state index contributed by atoms with van der Waals surface area (Å²) in [5, 5.41) is 3.01. The molecule has 0 aliphatic heterocycles. The first-order valence-corrected chi connectivity index (χ1v) is 8.71. The molecule has 0 aromatic heterocycles. The van der Waals surface area contributed by atoms with Gasteiger partial charge in [0, 0.05) is 0 Å². The molecule has 2 aromatic rings. The summed E-state index contributed by atoms with van der Waals surface area (Å²) in [5.41, 5.74) is 0. The summed E-state index contributed by atoms with van der Waals surface area (Å²) in [6.07, 6.45) is 0. The molecule has 0 radical (unpaired) electrons. The number of hydrogen-bond donors (Lipinski definition) is 0. The van der Waals surface area contributed by atoms with E-state index in [9.17, 15) is 0 Å². The average molecular weight is 301 g/mol. The molecule has 0 atom stereocenters. The third-order valence-corrected chi connectivity index (χ3v) is 7.46. The van der Waals surface area contributed by atoms with Crippen LogP contribution >= 0.6 is 20.3 Å². The molecular formula is C13H13ClPZn. The normalized spacial score (nSPS) is 9.94. The third kappa shape index (κ3) is 3.39. The van der Waals surface area contributed by atoms with Gasteiger partial charge in [-0.25, -0.2) is 0 Å². The summed E-state index contributed by atoms with van der Waals surface area (Å²) in [6.45, 7) is 0. The molecule has 0 bridgehead atoms. The molecule has 0 aliphatic carbocycles. The molecule has 0 saturated heterocycles. The predicted molar refractivity (Wildman–Crippen MR) is 71.2 cm³/mol. The summed E-state index contributed by atoms with van der Waals surface area (Å²) in [4.78, 5) is 0. The second-order valence-corrected chi connectivity index (χ2v) is 8.47. The van der Waals surface area contributed by atoms with Crippen LogP contribution < -0.4 is 10.6 Å². The van der Waals surface area contributed by atoms with Crippen LogP contribution in [-0.4, -0.2) is 4.76 Å². The summed E-state index contributed by atoms with van der Waals surface area (Å²) in [6, 6.07) is 21.8. The van der Waals surface area contributed by atoms with Gasteiger partial charge < -0.3 is 0 Å². The molecular weight excluding hydrogens is 288 g/mol. The van der Waals surface area contributed by atoms with Gasteiger partial charge in [-0.15, -0.1) is 12.4 Å². The average Bonchev–Trinajstić information content (AvgIpc) is 2.33. The quantitative estimate of drug-likeness (QED) is 0.604. The van der Waals surface area contributed by atoms with Gasteiger partial charge in [0.2, 0.25) is 0 Å². The van der Waals surface area contributed by atoms with E-state index < -0.39 is 0 Å². The van der Waals surface area contributed by atoms with E-state index in [2.05, 4.69) is 60.7 Å². The Kier molecular flexibility index (Phi) is 6.21. The van der Waals surface area contributed by atoms with Crippen LogP contribution in [0.25, 0.3) is 0 Å². The van der Waals surface area contributed by atoms with Crippen molar-refractivity contribution in [1.82, 2.24) is 0 Å². The summed E-state index contributed by atoms with van der Waals surface area (Å²) in [7, 11) is -0.0931. The maximum atomic E-state index is 2.26. The van der Waals surface area contributed by atoms with Gasteiger partial charge in [0.05, 0.1) is 0 Å². The van der Waals surface area contributed by atoms with Gasteiger partial charge in [0.1, 0.15) is 0 Å². The number of hydrogen-bond acceptors (Lipinski definition) is 0. The number of halogens is 1. The maximum absolute atomic E-state index is 2.26. The molecule has 0 amide bonds. The van der Waals surface area contributed by atoms with Gasteiger partial charge >= 0.3 is 102 Å². The van der Waals surface area contributed by atoms with Crippen molar-refractivity contribution in [2.45, 2.75) is 0 Å². The van der Waals surface area contributed by atoms with E-state index in [1.807, 2.05) is 0 Å². The van der Waals surface area contributed by atoms with Gasteiger partial charge in [0.25, 0.3) is 0 Å². The van der Waals surface area contributed by atoms with Crippen LogP contribution in [0.5, 0.6) is 0 Å². The molecule has 0 aliphatic rings. The second kappa shape index (κ2) is 7.18. The Hall–Kier alpha value is -0.217. The molecule has 0 fully saturated rings. The van der Waals surface area contributed by atoms with Crippen molar-refractivity contribution in [2.75, 3.05) is 4.76 Å². The molecule has 0 unspecified atom stereocenters. The molecule has 2 rings (SSSR count). The van der Waals surface area contributed by atoms with Crippen LogP contribution in [0.4, 0.5) is 0 Å². The van der Waals surface area contributed by atoms with Gasteiger partial charge in [-0.2, -0.15) is 0 Å². The molecule has 79 valence electrons. The molecule has 2 aromatic carbocycles. The van der Waals surface area contributed by atoms with Crippen molar-refractivity contribution in [1.29, 1.82) is 0 Å². The fraction of sp³-hybridized carbons (Fsp3) is 0.0769. The van der Waals surface area contributed by atoms with Crippen LogP contribution in [-0.2, 0) is 18.3 Å². The molecule has 0 N–H and O–H groups in total. The first-order valence-electron chi connectivity index (χ1n) is 5.08. The fourth-order valence-electron chi connectivity index (χ4n) is 1.62. The monoisotopic (exact) mass is 299 g/mol. The van der Waals surface area contributed by atoms with Crippen LogP contribution in [0.1, 0.15) is 0 Å². The Morgan fingerprint density at radius 3 is 1.44 bits per heavy atom. The van der Waals surface area contributed by atoms with Crippen LogP contribution in [0.3, 0.4) is 0 Å². The van der Waals surface area contributed by atoms with Gasteiger partial charge in [-0.3, -0.25) is 0 Å². The first-order chi connectivity index (χ1) is 7.42. The number of rotatable bonds is 3. The van der Waals surface area contributed by atoms with Crippen molar-refractivity contribution < 1.29 is 18.3 Å². The third-order valence-electron chi connectivity index (χ3n) is 2.36. The van der Waals surface area contributed by atoms with Crippen LogP contribution in [0, 0.1) is 0 Å². The Morgan fingerprint density at radius 1 is 0.750 bits per heavy atom.